The fraction of sp³-hybridized carbons (Fsp3) is 0.500. The van der Waals surface area contributed by atoms with E-state index in [1.165, 1.54) is 24.3 Å². The van der Waals surface area contributed by atoms with Gasteiger partial charge in [-0.25, -0.2) is 0 Å². The zero-order chi connectivity index (χ0) is 15.3. The summed E-state index contributed by atoms with van der Waals surface area (Å²) in [6.07, 6.45) is -2.86. The van der Waals surface area contributed by atoms with Gasteiger partial charge in [0.05, 0.1) is 5.92 Å². The van der Waals surface area contributed by atoms with Crippen molar-refractivity contribution in [3.8, 4) is 5.75 Å². The second kappa shape index (κ2) is 6.80. The summed E-state index contributed by atoms with van der Waals surface area (Å²) in [6, 6.07) is 5.47. The summed E-state index contributed by atoms with van der Waals surface area (Å²) < 4.78 is 39.8. The number of piperidine rings is 1. The summed E-state index contributed by atoms with van der Waals surface area (Å²) in [5.74, 6) is -0.335. The van der Waals surface area contributed by atoms with Crippen molar-refractivity contribution < 1.29 is 22.7 Å². The molecule has 1 aliphatic heterocycles. The summed E-state index contributed by atoms with van der Waals surface area (Å²) >= 11 is 0. The minimum absolute atomic E-state index is 0.0298. The molecular formula is C14H17F3N2O2. The molecule has 1 aromatic rings. The SMILES string of the molecule is O=C(NCc1ccc(OC(F)(F)F)cc1)[C@H]1CCCNC1. The second-order valence-electron chi connectivity index (χ2n) is 4.95. The number of hydrogen-bond acceptors (Lipinski definition) is 3. The van der Waals surface area contributed by atoms with Crippen LogP contribution in [0, 0.1) is 5.92 Å². The van der Waals surface area contributed by atoms with Crippen LogP contribution in [0.5, 0.6) is 5.75 Å². The monoisotopic (exact) mass is 302 g/mol. The molecule has 0 radical (unpaired) electrons. The molecule has 2 rings (SSSR count). The highest BCUT2D eigenvalue weighted by atomic mass is 19.4. The van der Waals surface area contributed by atoms with Gasteiger partial charge in [0.2, 0.25) is 5.91 Å². The van der Waals surface area contributed by atoms with Gasteiger partial charge in [-0.1, -0.05) is 12.1 Å². The Hall–Kier alpha value is -1.76. The van der Waals surface area contributed by atoms with Crippen LogP contribution in [0.2, 0.25) is 0 Å². The van der Waals surface area contributed by atoms with E-state index in [0.29, 0.717) is 13.1 Å². The maximum Gasteiger partial charge on any atom is 0.573 e. The zero-order valence-corrected chi connectivity index (χ0v) is 11.4. The summed E-state index contributed by atoms with van der Waals surface area (Å²) in [5, 5.41) is 5.95. The molecule has 2 N–H and O–H groups in total. The molecule has 0 spiro atoms. The van der Waals surface area contributed by atoms with Crippen LogP contribution in [-0.4, -0.2) is 25.4 Å². The molecule has 0 unspecified atom stereocenters. The number of rotatable bonds is 4. The molecule has 7 heteroatoms. The number of benzene rings is 1. The van der Waals surface area contributed by atoms with Gasteiger partial charge in [-0.3, -0.25) is 4.79 Å². The van der Waals surface area contributed by atoms with Crippen molar-refractivity contribution in [1.82, 2.24) is 10.6 Å². The Kier molecular flexibility index (Phi) is 5.06. The van der Waals surface area contributed by atoms with E-state index in [2.05, 4.69) is 15.4 Å². The fourth-order valence-corrected chi connectivity index (χ4v) is 2.22. The van der Waals surface area contributed by atoms with Crippen LogP contribution < -0.4 is 15.4 Å². The molecule has 0 aliphatic carbocycles. The van der Waals surface area contributed by atoms with E-state index < -0.39 is 6.36 Å². The van der Waals surface area contributed by atoms with Crippen LogP contribution in [0.15, 0.2) is 24.3 Å². The second-order valence-corrected chi connectivity index (χ2v) is 4.95. The molecule has 116 valence electrons. The van der Waals surface area contributed by atoms with Crippen molar-refractivity contribution in [2.24, 2.45) is 5.92 Å². The molecule has 1 aliphatic rings. The molecule has 4 nitrogen and oxygen atoms in total. The minimum Gasteiger partial charge on any atom is -0.406 e. The van der Waals surface area contributed by atoms with Gasteiger partial charge in [-0.05, 0) is 37.1 Å². The van der Waals surface area contributed by atoms with E-state index >= 15 is 0 Å². The van der Waals surface area contributed by atoms with E-state index in [4.69, 9.17) is 0 Å². The number of carbonyl (C=O) groups is 1. The first kappa shape index (κ1) is 15.6. The summed E-state index contributed by atoms with van der Waals surface area (Å²) in [7, 11) is 0. The summed E-state index contributed by atoms with van der Waals surface area (Å²) in [5.41, 5.74) is 0.724. The third-order valence-electron chi connectivity index (χ3n) is 3.29. The minimum atomic E-state index is -4.69. The first-order chi connectivity index (χ1) is 9.94. The van der Waals surface area contributed by atoms with Crippen molar-refractivity contribution in [3.05, 3.63) is 29.8 Å². The van der Waals surface area contributed by atoms with Gasteiger partial charge >= 0.3 is 6.36 Å². The van der Waals surface area contributed by atoms with Crippen molar-refractivity contribution in [2.75, 3.05) is 13.1 Å². The largest absolute Gasteiger partial charge is 0.573 e. The third kappa shape index (κ3) is 5.26. The van der Waals surface area contributed by atoms with Gasteiger partial charge in [0, 0.05) is 13.1 Å². The Morgan fingerprint density at radius 1 is 1.33 bits per heavy atom. The Morgan fingerprint density at radius 2 is 2.05 bits per heavy atom. The smallest absolute Gasteiger partial charge is 0.406 e. The molecule has 1 saturated heterocycles. The van der Waals surface area contributed by atoms with Gasteiger partial charge in [0.25, 0.3) is 0 Å². The third-order valence-corrected chi connectivity index (χ3v) is 3.29. The normalized spacial score (nSPS) is 19.1. The Bertz CT molecular complexity index is 468. The molecule has 1 atom stereocenters. The number of nitrogens with one attached hydrogen (secondary N) is 2. The van der Waals surface area contributed by atoms with Crippen LogP contribution in [0.3, 0.4) is 0 Å². The van der Waals surface area contributed by atoms with E-state index in [-0.39, 0.29) is 17.6 Å². The number of hydrogen-bond donors (Lipinski definition) is 2. The van der Waals surface area contributed by atoms with E-state index in [9.17, 15) is 18.0 Å². The molecule has 21 heavy (non-hydrogen) atoms. The standard InChI is InChI=1S/C14H17F3N2O2/c15-14(16,17)21-12-5-3-10(4-6-12)8-19-13(20)11-2-1-7-18-9-11/h3-6,11,18H,1-2,7-9H2,(H,19,20)/t11-/m0/s1. The lowest BCUT2D eigenvalue weighted by molar-refractivity contribution is -0.274. The lowest BCUT2D eigenvalue weighted by atomic mass is 9.99. The average molecular weight is 302 g/mol. The fourth-order valence-electron chi connectivity index (χ4n) is 2.22. The van der Waals surface area contributed by atoms with E-state index in [1.807, 2.05) is 0 Å². The Morgan fingerprint density at radius 3 is 2.62 bits per heavy atom. The van der Waals surface area contributed by atoms with Crippen molar-refractivity contribution in [2.45, 2.75) is 25.7 Å². The van der Waals surface area contributed by atoms with Crippen molar-refractivity contribution in [1.29, 1.82) is 0 Å². The molecule has 0 saturated carbocycles. The number of carbonyl (C=O) groups excluding carboxylic acids is 1. The van der Waals surface area contributed by atoms with Gasteiger partial charge in [0.1, 0.15) is 5.75 Å². The first-order valence-electron chi connectivity index (χ1n) is 6.77. The Labute approximate surface area is 120 Å². The van der Waals surface area contributed by atoms with Gasteiger partial charge in [-0.15, -0.1) is 13.2 Å². The van der Waals surface area contributed by atoms with E-state index in [0.717, 1.165) is 24.9 Å². The molecule has 1 fully saturated rings. The number of alkyl halides is 3. The molecule has 0 bridgehead atoms. The summed E-state index contributed by atoms with van der Waals surface area (Å²) in [4.78, 5) is 11.9. The Balaban J connectivity index is 1.81. The first-order valence-corrected chi connectivity index (χ1v) is 6.77. The molecular weight excluding hydrogens is 285 g/mol. The average Bonchev–Trinajstić information content (AvgIpc) is 2.45. The number of ether oxygens (including phenoxy) is 1. The van der Waals surface area contributed by atoms with Crippen LogP contribution in [-0.2, 0) is 11.3 Å². The molecule has 1 amide bonds. The number of halogens is 3. The van der Waals surface area contributed by atoms with Crippen LogP contribution >= 0.6 is 0 Å². The van der Waals surface area contributed by atoms with Crippen LogP contribution in [0.4, 0.5) is 13.2 Å². The molecule has 1 heterocycles. The highest BCUT2D eigenvalue weighted by molar-refractivity contribution is 5.78. The predicted octanol–water partition coefficient (Wildman–Crippen LogP) is 2.20. The topological polar surface area (TPSA) is 50.4 Å². The van der Waals surface area contributed by atoms with Gasteiger partial charge in [-0.2, -0.15) is 0 Å². The maximum absolute atomic E-state index is 12.0. The molecule has 0 aromatic heterocycles. The lowest BCUT2D eigenvalue weighted by Crippen LogP contribution is -2.40. The van der Waals surface area contributed by atoms with Crippen molar-refractivity contribution in [3.63, 3.8) is 0 Å². The van der Waals surface area contributed by atoms with Crippen LogP contribution in [0.25, 0.3) is 0 Å². The van der Waals surface area contributed by atoms with Gasteiger partial charge in [0.15, 0.2) is 0 Å². The van der Waals surface area contributed by atoms with Crippen LogP contribution in [0.1, 0.15) is 18.4 Å². The highest BCUT2D eigenvalue weighted by Gasteiger charge is 2.30. The predicted molar refractivity (Wildman–Crippen MR) is 70.6 cm³/mol. The number of amides is 1. The zero-order valence-electron chi connectivity index (χ0n) is 11.4. The van der Waals surface area contributed by atoms with Crippen molar-refractivity contribution >= 4 is 5.91 Å². The van der Waals surface area contributed by atoms with E-state index in [1.54, 1.807) is 0 Å². The highest BCUT2D eigenvalue weighted by Crippen LogP contribution is 2.22. The maximum atomic E-state index is 12.0. The molecule has 1 aromatic carbocycles. The lowest BCUT2D eigenvalue weighted by Gasteiger charge is -2.21. The quantitative estimate of drug-likeness (QED) is 0.896. The van der Waals surface area contributed by atoms with Gasteiger partial charge < -0.3 is 15.4 Å². The summed E-state index contributed by atoms with van der Waals surface area (Å²) in [6.45, 7) is 1.90.